The summed E-state index contributed by atoms with van der Waals surface area (Å²) in [6.07, 6.45) is 0. The molecule has 0 unspecified atom stereocenters. The van der Waals surface area contributed by atoms with Gasteiger partial charge >= 0.3 is 5.97 Å². The maximum Gasteiger partial charge on any atom is 0.336 e. The second kappa shape index (κ2) is 4.82. The lowest BCUT2D eigenvalue weighted by atomic mass is 10.0. The Bertz CT molecular complexity index is 599. The number of benzene rings is 1. The zero-order valence-corrected chi connectivity index (χ0v) is 11.3. The molecule has 4 heteroatoms. The highest BCUT2D eigenvalue weighted by molar-refractivity contribution is 7.13. The highest BCUT2D eigenvalue weighted by Crippen LogP contribution is 2.37. The standard InChI is InChI=1S/C14H14O3S/c1-8-4-9(2)13(17-3)11(5-8)12-6-10(7-18-12)14(15)16/h4-7H,1-3H3,(H,15,16). The van der Waals surface area contributed by atoms with Crippen LogP contribution in [0.5, 0.6) is 5.75 Å². The van der Waals surface area contributed by atoms with Gasteiger partial charge in [-0.1, -0.05) is 6.07 Å². The van der Waals surface area contributed by atoms with Gasteiger partial charge in [-0.3, -0.25) is 0 Å². The van der Waals surface area contributed by atoms with Crippen molar-refractivity contribution in [3.63, 3.8) is 0 Å². The maximum atomic E-state index is 10.9. The van der Waals surface area contributed by atoms with Gasteiger partial charge in [0, 0.05) is 15.8 Å². The molecule has 0 saturated heterocycles. The summed E-state index contributed by atoms with van der Waals surface area (Å²) in [6, 6.07) is 5.75. The van der Waals surface area contributed by atoms with Crippen molar-refractivity contribution in [2.75, 3.05) is 7.11 Å². The Kier molecular flexibility index (Phi) is 3.39. The van der Waals surface area contributed by atoms with Crippen LogP contribution in [0.25, 0.3) is 10.4 Å². The van der Waals surface area contributed by atoms with Gasteiger partial charge in [-0.15, -0.1) is 11.3 Å². The molecule has 0 spiro atoms. The smallest absolute Gasteiger partial charge is 0.336 e. The molecule has 3 nitrogen and oxygen atoms in total. The van der Waals surface area contributed by atoms with E-state index in [0.717, 1.165) is 27.3 Å². The Morgan fingerprint density at radius 2 is 2.00 bits per heavy atom. The monoisotopic (exact) mass is 262 g/mol. The van der Waals surface area contributed by atoms with Gasteiger partial charge in [-0.05, 0) is 37.1 Å². The largest absolute Gasteiger partial charge is 0.496 e. The average molecular weight is 262 g/mol. The van der Waals surface area contributed by atoms with Gasteiger partial charge in [0.15, 0.2) is 0 Å². The number of rotatable bonds is 3. The first-order valence-corrected chi connectivity index (χ1v) is 6.38. The summed E-state index contributed by atoms with van der Waals surface area (Å²) in [5.74, 6) is -0.0970. The first-order valence-electron chi connectivity index (χ1n) is 5.50. The predicted octanol–water partition coefficient (Wildman–Crippen LogP) is 3.74. The van der Waals surface area contributed by atoms with Gasteiger partial charge in [0.2, 0.25) is 0 Å². The van der Waals surface area contributed by atoms with E-state index in [0.29, 0.717) is 5.56 Å². The van der Waals surface area contributed by atoms with E-state index in [4.69, 9.17) is 9.84 Å². The normalized spacial score (nSPS) is 10.4. The SMILES string of the molecule is COc1c(C)cc(C)cc1-c1cc(C(=O)O)cs1. The van der Waals surface area contributed by atoms with Gasteiger partial charge in [-0.25, -0.2) is 4.79 Å². The molecule has 0 aliphatic heterocycles. The molecule has 0 radical (unpaired) electrons. The molecular weight excluding hydrogens is 248 g/mol. The van der Waals surface area contributed by atoms with Crippen LogP contribution in [-0.2, 0) is 0 Å². The van der Waals surface area contributed by atoms with Crippen molar-refractivity contribution in [1.29, 1.82) is 0 Å². The minimum absolute atomic E-state index is 0.316. The molecule has 0 bridgehead atoms. The summed E-state index contributed by atoms with van der Waals surface area (Å²) < 4.78 is 5.41. The van der Waals surface area contributed by atoms with Crippen LogP contribution in [0.3, 0.4) is 0 Å². The lowest BCUT2D eigenvalue weighted by Crippen LogP contribution is -1.93. The van der Waals surface area contributed by atoms with Crippen molar-refractivity contribution in [3.8, 4) is 16.2 Å². The van der Waals surface area contributed by atoms with Crippen molar-refractivity contribution in [3.05, 3.63) is 40.3 Å². The number of thiophene rings is 1. The van der Waals surface area contributed by atoms with Crippen LogP contribution in [0, 0.1) is 13.8 Å². The molecule has 0 amide bonds. The van der Waals surface area contributed by atoms with E-state index < -0.39 is 5.97 Å². The number of aromatic carboxylic acids is 1. The molecule has 0 fully saturated rings. The summed E-state index contributed by atoms with van der Waals surface area (Å²) in [7, 11) is 1.63. The quantitative estimate of drug-likeness (QED) is 0.916. The fraction of sp³-hybridized carbons (Fsp3) is 0.214. The van der Waals surface area contributed by atoms with Gasteiger partial charge < -0.3 is 9.84 Å². The van der Waals surface area contributed by atoms with Gasteiger partial charge in [0.1, 0.15) is 5.75 Å². The van der Waals surface area contributed by atoms with E-state index >= 15 is 0 Å². The first-order chi connectivity index (χ1) is 8.52. The number of hydrogen-bond donors (Lipinski definition) is 1. The third-order valence-electron chi connectivity index (χ3n) is 2.73. The van der Waals surface area contributed by atoms with Crippen LogP contribution in [-0.4, -0.2) is 18.2 Å². The van der Waals surface area contributed by atoms with Crippen molar-refractivity contribution < 1.29 is 14.6 Å². The molecule has 18 heavy (non-hydrogen) atoms. The Morgan fingerprint density at radius 1 is 1.28 bits per heavy atom. The van der Waals surface area contributed by atoms with Crippen molar-refractivity contribution >= 4 is 17.3 Å². The molecule has 2 rings (SSSR count). The molecule has 94 valence electrons. The van der Waals surface area contributed by atoms with Crippen molar-refractivity contribution in [1.82, 2.24) is 0 Å². The van der Waals surface area contributed by atoms with E-state index in [-0.39, 0.29) is 0 Å². The maximum absolute atomic E-state index is 10.9. The van der Waals surface area contributed by atoms with E-state index in [2.05, 4.69) is 0 Å². The predicted molar refractivity (Wildman–Crippen MR) is 72.7 cm³/mol. The fourth-order valence-corrected chi connectivity index (χ4v) is 2.89. The van der Waals surface area contributed by atoms with E-state index in [1.54, 1.807) is 18.6 Å². The van der Waals surface area contributed by atoms with Gasteiger partial charge in [-0.2, -0.15) is 0 Å². The minimum atomic E-state index is -0.902. The number of methoxy groups -OCH3 is 1. The molecule has 0 atom stereocenters. The van der Waals surface area contributed by atoms with Crippen LogP contribution < -0.4 is 4.74 Å². The number of aryl methyl sites for hydroxylation is 2. The highest BCUT2D eigenvalue weighted by atomic mass is 32.1. The van der Waals surface area contributed by atoms with Crippen LogP contribution in [0.1, 0.15) is 21.5 Å². The second-order valence-corrected chi connectivity index (χ2v) is 5.08. The second-order valence-electron chi connectivity index (χ2n) is 4.17. The number of ether oxygens (including phenoxy) is 1. The zero-order chi connectivity index (χ0) is 13.3. The van der Waals surface area contributed by atoms with E-state index in [1.807, 2.05) is 26.0 Å². The highest BCUT2D eigenvalue weighted by Gasteiger charge is 2.14. The molecule has 1 N–H and O–H groups in total. The Morgan fingerprint density at radius 3 is 2.56 bits per heavy atom. The molecule has 0 aliphatic rings. The van der Waals surface area contributed by atoms with Gasteiger partial charge in [0.25, 0.3) is 0 Å². The summed E-state index contributed by atoms with van der Waals surface area (Å²) >= 11 is 1.42. The molecule has 0 saturated carbocycles. The number of carbonyl (C=O) groups is 1. The van der Waals surface area contributed by atoms with Crippen LogP contribution in [0.4, 0.5) is 0 Å². The molecule has 1 aromatic carbocycles. The Labute approximate surface area is 110 Å². The summed E-state index contributed by atoms with van der Waals surface area (Å²) in [5.41, 5.74) is 3.45. The van der Waals surface area contributed by atoms with Crippen molar-refractivity contribution in [2.45, 2.75) is 13.8 Å². The molecular formula is C14H14O3S. The number of carboxylic acid groups (broad SMARTS) is 1. The first kappa shape index (κ1) is 12.6. The third-order valence-corrected chi connectivity index (χ3v) is 3.70. The summed E-state index contributed by atoms with van der Waals surface area (Å²) in [5, 5.41) is 10.6. The summed E-state index contributed by atoms with van der Waals surface area (Å²) in [6.45, 7) is 4.00. The lowest BCUT2D eigenvalue weighted by Gasteiger charge is -2.11. The topological polar surface area (TPSA) is 46.5 Å². The molecule has 1 aromatic heterocycles. The Hall–Kier alpha value is -1.81. The fourth-order valence-electron chi connectivity index (χ4n) is 2.00. The van der Waals surface area contributed by atoms with E-state index in [9.17, 15) is 4.79 Å². The third kappa shape index (κ3) is 2.24. The van der Waals surface area contributed by atoms with Crippen LogP contribution in [0.15, 0.2) is 23.6 Å². The van der Waals surface area contributed by atoms with Crippen LogP contribution >= 0.6 is 11.3 Å². The number of hydrogen-bond acceptors (Lipinski definition) is 3. The number of carboxylic acids is 1. The molecule has 2 aromatic rings. The minimum Gasteiger partial charge on any atom is -0.496 e. The van der Waals surface area contributed by atoms with Crippen LogP contribution in [0.2, 0.25) is 0 Å². The summed E-state index contributed by atoms with van der Waals surface area (Å²) in [4.78, 5) is 11.8. The Balaban J connectivity index is 2.58. The molecule has 1 heterocycles. The van der Waals surface area contributed by atoms with E-state index in [1.165, 1.54) is 11.3 Å². The van der Waals surface area contributed by atoms with Gasteiger partial charge in [0.05, 0.1) is 12.7 Å². The van der Waals surface area contributed by atoms with Crippen molar-refractivity contribution in [2.24, 2.45) is 0 Å². The molecule has 0 aliphatic carbocycles. The average Bonchev–Trinajstić information content (AvgIpc) is 2.77. The zero-order valence-electron chi connectivity index (χ0n) is 10.5. The lowest BCUT2D eigenvalue weighted by molar-refractivity contribution is 0.0697.